The van der Waals surface area contributed by atoms with Crippen molar-refractivity contribution in [1.29, 1.82) is 0 Å². The molecule has 1 saturated carbocycles. The lowest BCUT2D eigenvalue weighted by atomic mass is 10.2. The molecule has 0 spiro atoms. The highest BCUT2D eigenvalue weighted by Gasteiger charge is 2.36. The predicted octanol–water partition coefficient (Wildman–Crippen LogP) is 0.981. The maximum Gasteiger partial charge on any atom is 0.273 e. The fraction of sp³-hybridized carbons (Fsp3) is 0.636. The minimum absolute atomic E-state index is 0.0982. The number of amides is 1. The molecule has 1 aromatic heterocycles. The Balaban J connectivity index is 2.17. The van der Waals surface area contributed by atoms with Gasteiger partial charge in [-0.05, 0) is 19.3 Å². The standard InChI is InChI=1S/C11H16ClN3O4S/c1-19-6-2-5-13-11(16)9-10(20(12,17)18)8(14-15-9)7-3-4-7/h7H,2-6H2,1H3,(H,13,16)(H,14,15). The van der Waals surface area contributed by atoms with E-state index in [-0.39, 0.29) is 16.5 Å². The summed E-state index contributed by atoms with van der Waals surface area (Å²) in [6.45, 7) is 0.884. The number of nitrogens with zero attached hydrogens (tertiary/aromatic N) is 1. The number of aromatic nitrogens is 2. The second kappa shape index (κ2) is 6.11. The van der Waals surface area contributed by atoms with E-state index in [0.29, 0.717) is 25.3 Å². The molecule has 0 aromatic carbocycles. The molecule has 0 unspecified atom stereocenters. The average molecular weight is 322 g/mol. The molecule has 2 rings (SSSR count). The highest BCUT2D eigenvalue weighted by molar-refractivity contribution is 8.13. The Morgan fingerprint density at radius 3 is 2.80 bits per heavy atom. The molecule has 0 aliphatic heterocycles. The molecule has 1 aliphatic carbocycles. The molecule has 0 radical (unpaired) electrons. The number of H-pyrrole nitrogens is 1. The molecule has 1 amide bonds. The van der Waals surface area contributed by atoms with Gasteiger partial charge in [-0.25, -0.2) is 8.42 Å². The molecule has 2 N–H and O–H groups in total. The molecule has 0 atom stereocenters. The Labute approximate surface area is 121 Å². The fourth-order valence-electron chi connectivity index (χ4n) is 1.90. The maximum atomic E-state index is 12.0. The summed E-state index contributed by atoms with van der Waals surface area (Å²) in [5, 5.41) is 9.03. The molecule has 112 valence electrons. The van der Waals surface area contributed by atoms with Crippen molar-refractivity contribution in [2.45, 2.75) is 30.1 Å². The van der Waals surface area contributed by atoms with Crippen LogP contribution in [0.3, 0.4) is 0 Å². The van der Waals surface area contributed by atoms with Crippen LogP contribution in [0.4, 0.5) is 0 Å². The minimum atomic E-state index is -4.01. The van der Waals surface area contributed by atoms with Gasteiger partial charge < -0.3 is 10.1 Å². The second-order valence-corrected chi connectivity index (χ2v) is 7.13. The number of methoxy groups -OCH3 is 1. The van der Waals surface area contributed by atoms with E-state index in [1.54, 1.807) is 7.11 Å². The van der Waals surface area contributed by atoms with E-state index in [1.807, 2.05) is 0 Å². The first-order chi connectivity index (χ1) is 9.45. The third-order valence-electron chi connectivity index (χ3n) is 3.00. The first-order valence-corrected chi connectivity index (χ1v) is 8.56. The monoisotopic (exact) mass is 321 g/mol. The molecule has 1 heterocycles. The van der Waals surface area contributed by atoms with Gasteiger partial charge in [-0.1, -0.05) is 0 Å². The van der Waals surface area contributed by atoms with E-state index in [0.717, 1.165) is 12.8 Å². The summed E-state index contributed by atoms with van der Waals surface area (Å²) in [7, 11) is 2.97. The summed E-state index contributed by atoms with van der Waals surface area (Å²) >= 11 is 0. The number of ether oxygens (including phenoxy) is 1. The summed E-state index contributed by atoms with van der Waals surface area (Å²) in [5.41, 5.74) is 0.265. The zero-order valence-electron chi connectivity index (χ0n) is 11.0. The summed E-state index contributed by atoms with van der Waals surface area (Å²) < 4.78 is 28.2. The van der Waals surface area contributed by atoms with E-state index in [2.05, 4.69) is 15.5 Å². The molecule has 7 nitrogen and oxygen atoms in total. The van der Waals surface area contributed by atoms with Crippen LogP contribution < -0.4 is 5.32 Å². The number of halogens is 1. The van der Waals surface area contributed by atoms with Gasteiger partial charge >= 0.3 is 0 Å². The molecule has 20 heavy (non-hydrogen) atoms. The smallest absolute Gasteiger partial charge is 0.273 e. The topological polar surface area (TPSA) is 101 Å². The third-order valence-corrected chi connectivity index (χ3v) is 4.37. The van der Waals surface area contributed by atoms with Gasteiger partial charge in [0.25, 0.3) is 15.0 Å². The first-order valence-electron chi connectivity index (χ1n) is 6.25. The molecular formula is C11H16ClN3O4S. The van der Waals surface area contributed by atoms with Gasteiger partial charge in [0, 0.05) is 36.9 Å². The molecule has 0 saturated heterocycles. The Morgan fingerprint density at radius 1 is 1.55 bits per heavy atom. The van der Waals surface area contributed by atoms with Crippen molar-refractivity contribution in [1.82, 2.24) is 15.5 Å². The van der Waals surface area contributed by atoms with Crippen LogP contribution in [-0.4, -0.2) is 44.8 Å². The Kier molecular flexibility index (Phi) is 4.66. The summed E-state index contributed by atoms with van der Waals surface area (Å²) in [6, 6.07) is 0. The fourth-order valence-corrected chi connectivity index (χ4v) is 3.21. The van der Waals surface area contributed by atoms with Crippen molar-refractivity contribution in [2.24, 2.45) is 0 Å². The van der Waals surface area contributed by atoms with E-state index in [9.17, 15) is 13.2 Å². The number of hydrogen-bond acceptors (Lipinski definition) is 5. The minimum Gasteiger partial charge on any atom is -0.385 e. The molecule has 1 fully saturated rings. The number of nitrogens with one attached hydrogen (secondary N) is 2. The van der Waals surface area contributed by atoms with E-state index >= 15 is 0 Å². The lowest BCUT2D eigenvalue weighted by Crippen LogP contribution is -2.26. The Morgan fingerprint density at radius 2 is 2.25 bits per heavy atom. The molecule has 1 aliphatic rings. The zero-order valence-corrected chi connectivity index (χ0v) is 12.6. The predicted molar refractivity (Wildman–Crippen MR) is 72.4 cm³/mol. The lowest BCUT2D eigenvalue weighted by molar-refractivity contribution is 0.0940. The van der Waals surface area contributed by atoms with E-state index in [4.69, 9.17) is 15.4 Å². The van der Waals surface area contributed by atoms with Gasteiger partial charge in [-0.2, -0.15) is 5.10 Å². The van der Waals surface area contributed by atoms with E-state index in [1.165, 1.54) is 0 Å². The molecule has 0 bridgehead atoms. The van der Waals surface area contributed by atoms with Crippen LogP contribution in [0.1, 0.15) is 41.4 Å². The van der Waals surface area contributed by atoms with Crippen LogP contribution in [0.15, 0.2) is 4.90 Å². The SMILES string of the molecule is COCCCNC(=O)c1n[nH]c(C2CC2)c1S(=O)(=O)Cl. The number of carbonyl (C=O) groups is 1. The second-order valence-electron chi connectivity index (χ2n) is 4.63. The van der Waals surface area contributed by atoms with E-state index < -0.39 is 15.0 Å². The quantitative estimate of drug-likeness (QED) is 0.576. The van der Waals surface area contributed by atoms with Crippen molar-refractivity contribution in [3.8, 4) is 0 Å². The highest BCUT2D eigenvalue weighted by Crippen LogP contribution is 2.43. The van der Waals surface area contributed by atoms with Crippen LogP contribution in [0.2, 0.25) is 0 Å². The Bertz CT molecular complexity index is 595. The zero-order chi connectivity index (χ0) is 14.8. The largest absolute Gasteiger partial charge is 0.385 e. The van der Waals surface area contributed by atoms with Gasteiger partial charge in [-0.15, -0.1) is 0 Å². The molecule has 9 heteroatoms. The van der Waals surface area contributed by atoms with Crippen LogP contribution in [0.5, 0.6) is 0 Å². The third kappa shape index (κ3) is 3.50. The molecular weight excluding hydrogens is 306 g/mol. The number of aromatic amines is 1. The van der Waals surface area contributed by atoms with Crippen molar-refractivity contribution < 1.29 is 17.9 Å². The van der Waals surface area contributed by atoms with Gasteiger partial charge in [0.05, 0.1) is 5.69 Å². The van der Waals surface area contributed by atoms with Crippen molar-refractivity contribution in [3.05, 3.63) is 11.4 Å². The lowest BCUT2D eigenvalue weighted by Gasteiger charge is -2.04. The van der Waals surface area contributed by atoms with Crippen molar-refractivity contribution >= 4 is 25.6 Å². The number of hydrogen-bond donors (Lipinski definition) is 2. The number of rotatable bonds is 7. The normalized spacial score (nSPS) is 15.3. The number of carbonyl (C=O) groups excluding carboxylic acids is 1. The van der Waals surface area contributed by atoms with Crippen molar-refractivity contribution in [2.75, 3.05) is 20.3 Å². The maximum absolute atomic E-state index is 12.0. The average Bonchev–Trinajstić information content (AvgIpc) is 3.11. The van der Waals surface area contributed by atoms with Crippen LogP contribution in [-0.2, 0) is 13.8 Å². The van der Waals surface area contributed by atoms with Crippen molar-refractivity contribution in [3.63, 3.8) is 0 Å². The van der Waals surface area contributed by atoms with Crippen LogP contribution in [0, 0.1) is 0 Å². The van der Waals surface area contributed by atoms with Crippen LogP contribution >= 0.6 is 10.7 Å². The van der Waals surface area contributed by atoms with Gasteiger partial charge in [-0.3, -0.25) is 9.89 Å². The molecule has 1 aromatic rings. The summed E-state index contributed by atoms with van der Waals surface area (Å²) in [6.07, 6.45) is 2.37. The highest BCUT2D eigenvalue weighted by atomic mass is 35.7. The first kappa shape index (κ1) is 15.3. The van der Waals surface area contributed by atoms with Gasteiger partial charge in [0.1, 0.15) is 4.90 Å². The van der Waals surface area contributed by atoms with Gasteiger partial charge in [0.15, 0.2) is 5.69 Å². The van der Waals surface area contributed by atoms with Gasteiger partial charge in [0.2, 0.25) is 0 Å². The summed E-state index contributed by atoms with van der Waals surface area (Å²) in [5.74, 6) is -0.454. The Hall–Kier alpha value is -1.12. The summed E-state index contributed by atoms with van der Waals surface area (Å²) in [4.78, 5) is 11.8. The van der Waals surface area contributed by atoms with Crippen LogP contribution in [0.25, 0.3) is 0 Å².